The molecule has 0 spiro atoms. The summed E-state index contributed by atoms with van der Waals surface area (Å²) in [6.07, 6.45) is 2.00. The summed E-state index contributed by atoms with van der Waals surface area (Å²) in [7, 11) is 0. The van der Waals surface area contributed by atoms with Gasteiger partial charge in [0.2, 0.25) is 0 Å². The highest BCUT2D eigenvalue weighted by atomic mass is 16.4. The van der Waals surface area contributed by atoms with E-state index in [4.69, 9.17) is 0 Å². The fourth-order valence-electron chi connectivity index (χ4n) is 4.51. The van der Waals surface area contributed by atoms with E-state index in [1.807, 2.05) is 0 Å². The van der Waals surface area contributed by atoms with E-state index in [0.717, 1.165) is 12.8 Å². The van der Waals surface area contributed by atoms with Crippen LogP contribution in [0.25, 0.3) is 0 Å². The molecule has 0 radical (unpaired) electrons. The maximum absolute atomic E-state index is 10.7. The predicted octanol–water partition coefficient (Wildman–Crippen LogP) is 2.33. The van der Waals surface area contributed by atoms with Crippen LogP contribution in [0.5, 0.6) is 0 Å². The fourth-order valence-corrected chi connectivity index (χ4v) is 4.51. The SMILES string of the molecule is CC1(C)[C@]2(C)CC[C@@]1(C)[C@@](C)(O)[C@@]2(C)O. The van der Waals surface area contributed by atoms with Gasteiger partial charge in [0.25, 0.3) is 0 Å². The van der Waals surface area contributed by atoms with Crippen LogP contribution in [0.2, 0.25) is 0 Å². The van der Waals surface area contributed by atoms with Crippen LogP contribution >= 0.6 is 0 Å². The Morgan fingerprint density at radius 2 is 0.933 bits per heavy atom. The zero-order chi connectivity index (χ0) is 11.9. The van der Waals surface area contributed by atoms with E-state index in [1.165, 1.54) is 0 Å². The molecule has 4 atom stereocenters. The van der Waals surface area contributed by atoms with Gasteiger partial charge in [0.15, 0.2) is 0 Å². The van der Waals surface area contributed by atoms with Gasteiger partial charge in [-0.3, -0.25) is 0 Å². The molecule has 0 aromatic carbocycles. The summed E-state index contributed by atoms with van der Waals surface area (Å²) in [5, 5.41) is 21.4. The lowest BCUT2D eigenvalue weighted by Gasteiger charge is -2.49. The molecule has 88 valence electrons. The average Bonchev–Trinajstić information content (AvgIpc) is 2.29. The van der Waals surface area contributed by atoms with E-state index < -0.39 is 11.2 Å². The largest absolute Gasteiger partial charge is 0.387 e. The molecule has 0 amide bonds. The maximum atomic E-state index is 10.7. The van der Waals surface area contributed by atoms with E-state index in [9.17, 15) is 10.2 Å². The summed E-state index contributed by atoms with van der Waals surface area (Å²) >= 11 is 0. The summed E-state index contributed by atoms with van der Waals surface area (Å²) < 4.78 is 0. The lowest BCUT2D eigenvalue weighted by atomic mass is 9.63. The first-order chi connectivity index (χ1) is 6.46. The summed E-state index contributed by atoms with van der Waals surface area (Å²) in [6.45, 7) is 12.2. The Kier molecular flexibility index (Phi) is 1.73. The van der Waals surface area contributed by atoms with E-state index >= 15 is 0 Å². The third kappa shape index (κ3) is 0.734. The molecule has 2 nitrogen and oxygen atoms in total. The van der Waals surface area contributed by atoms with Gasteiger partial charge in [0.05, 0.1) is 11.2 Å². The zero-order valence-electron chi connectivity index (χ0n) is 10.8. The minimum Gasteiger partial charge on any atom is -0.387 e. The number of aliphatic hydroxyl groups is 2. The molecule has 2 rings (SSSR count). The second-order valence-corrected chi connectivity index (χ2v) is 6.93. The summed E-state index contributed by atoms with van der Waals surface area (Å²) in [6, 6.07) is 0. The van der Waals surface area contributed by atoms with Gasteiger partial charge in [-0.1, -0.05) is 27.7 Å². The van der Waals surface area contributed by atoms with Gasteiger partial charge in [-0.15, -0.1) is 0 Å². The number of rotatable bonds is 0. The Morgan fingerprint density at radius 1 is 0.667 bits per heavy atom. The Bertz CT molecular complexity index is 268. The molecular formula is C13H24O2. The molecule has 0 unspecified atom stereocenters. The summed E-state index contributed by atoms with van der Waals surface area (Å²) in [5.41, 5.74) is -2.43. The Labute approximate surface area is 92.7 Å². The molecule has 0 saturated heterocycles. The van der Waals surface area contributed by atoms with Crippen molar-refractivity contribution in [3.8, 4) is 0 Å². The average molecular weight is 212 g/mol. The van der Waals surface area contributed by atoms with Crippen LogP contribution in [0.3, 0.4) is 0 Å². The van der Waals surface area contributed by atoms with Crippen molar-refractivity contribution in [3.63, 3.8) is 0 Å². The standard InChI is InChI=1S/C13H24O2/c1-9(2)10(3)7-8-11(9,4)13(6,15)12(10,5)14/h14-15H,7-8H2,1-6H3/t10-,11+,12-,13+. The Morgan fingerprint density at radius 3 is 1.07 bits per heavy atom. The van der Waals surface area contributed by atoms with E-state index in [0.29, 0.717) is 0 Å². The van der Waals surface area contributed by atoms with Crippen molar-refractivity contribution in [2.24, 2.45) is 16.2 Å². The molecule has 0 aliphatic heterocycles. The minimum atomic E-state index is -1.00. The second kappa shape index (κ2) is 2.28. The van der Waals surface area contributed by atoms with Crippen molar-refractivity contribution in [3.05, 3.63) is 0 Å². The van der Waals surface area contributed by atoms with Gasteiger partial charge in [-0.05, 0) is 32.1 Å². The molecule has 0 aromatic heterocycles. The molecule has 0 heterocycles. The van der Waals surface area contributed by atoms with E-state index in [1.54, 1.807) is 13.8 Å². The van der Waals surface area contributed by atoms with Crippen LogP contribution in [0.1, 0.15) is 54.4 Å². The Hall–Kier alpha value is -0.0800. The van der Waals surface area contributed by atoms with Crippen LogP contribution in [0.4, 0.5) is 0 Å². The Balaban J connectivity index is 2.73. The molecule has 2 N–H and O–H groups in total. The fraction of sp³-hybridized carbons (Fsp3) is 1.00. The van der Waals surface area contributed by atoms with Crippen LogP contribution in [0.15, 0.2) is 0 Å². The van der Waals surface area contributed by atoms with Gasteiger partial charge in [-0.25, -0.2) is 0 Å². The molecule has 2 saturated carbocycles. The lowest BCUT2D eigenvalue weighted by molar-refractivity contribution is -0.204. The van der Waals surface area contributed by atoms with Crippen LogP contribution in [0, 0.1) is 16.2 Å². The first kappa shape index (κ1) is 11.4. The van der Waals surface area contributed by atoms with Crippen molar-refractivity contribution < 1.29 is 10.2 Å². The molecule has 2 bridgehead atoms. The molecule has 2 fully saturated rings. The molecule has 2 aliphatic rings. The number of fused-ring (bicyclic) bond motifs is 2. The molecule has 2 heteroatoms. The van der Waals surface area contributed by atoms with Crippen LogP contribution in [-0.4, -0.2) is 21.4 Å². The molecule has 15 heavy (non-hydrogen) atoms. The molecule has 2 aliphatic carbocycles. The first-order valence-corrected chi connectivity index (χ1v) is 5.90. The highest BCUT2D eigenvalue weighted by Gasteiger charge is 2.81. The minimum absolute atomic E-state index is 0.0347. The first-order valence-electron chi connectivity index (χ1n) is 5.90. The number of hydrogen-bond donors (Lipinski definition) is 2. The van der Waals surface area contributed by atoms with Crippen LogP contribution < -0.4 is 0 Å². The normalized spacial score (nSPS) is 62.4. The van der Waals surface area contributed by atoms with Gasteiger partial charge in [0, 0.05) is 10.8 Å². The maximum Gasteiger partial charge on any atom is 0.0966 e. The lowest BCUT2D eigenvalue weighted by Crippen LogP contribution is -2.60. The summed E-state index contributed by atoms with van der Waals surface area (Å²) in [5.74, 6) is 0. The van der Waals surface area contributed by atoms with Crippen molar-refractivity contribution in [1.29, 1.82) is 0 Å². The van der Waals surface area contributed by atoms with Gasteiger partial charge >= 0.3 is 0 Å². The van der Waals surface area contributed by atoms with E-state index in [-0.39, 0.29) is 16.2 Å². The molecule has 0 aromatic rings. The molecular weight excluding hydrogens is 188 g/mol. The van der Waals surface area contributed by atoms with Crippen molar-refractivity contribution in [2.45, 2.75) is 65.6 Å². The third-order valence-electron chi connectivity index (χ3n) is 6.98. The third-order valence-corrected chi connectivity index (χ3v) is 6.98. The number of hydrogen-bond acceptors (Lipinski definition) is 2. The highest BCUT2D eigenvalue weighted by Crippen LogP contribution is 2.78. The monoisotopic (exact) mass is 212 g/mol. The van der Waals surface area contributed by atoms with Crippen molar-refractivity contribution in [2.75, 3.05) is 0 Å². The second-order valence-electron chi connectivity index (χ2n) is 6.93. The zero-order valence-corrected chi connectivity index (χ0v) is 10.8. The van der Waals surface area contributed by atoms with Crippen LogP contribution in [-0.2, 0) is 0 Å². The van der Waals surface area contributed by atoms with E-state index in [2.05, 4.69) is 27.7 Å². The van der Waals surface area contributed by atoms with Gasteiger partial charge in [-0.2, -0.15) is 0 Å². The smallest absolute Gasteiger partial charge is 0.0966 e. The summed E-state index contributed by atoms with van der Waals surface area (Å²) in [4.78, 5) is 0. The quantitative estimate of drug-likeness (QED) is 0.647. The van der Waals surface area contributed by atoms with Crippen molar-refractivity contribution in [1.82, 2.24) is 0 Å². The topological polar surface area (TPSA) is 40.5 Å². The van der Waals surface area contributed by atoms with Crippen molar-refractivity contribution >= 4 is 0 Å². The highest BCUT2D eigenvalue weighted by molar-refractivity contribution is 5.30. The van der Waals surface area contributed by atoms with Gasteiger partial charge < -0.3 is 10.2 Å². The van der Waals surface area contributed by atoms with Gasteiger partial charge in [0.1, 0.15) is 0 Å². The predicted molar refractivity (Wildman–Crippen MR) is 60.5 cm³/mol.